The Kier molecular flexibility index (Phi) is 3.59. The Morgan fingerprint density at radius 3 is 2.63 bits per heavy atom. The summed E-state index contributed by atoms with van der Waals surface area (Å²) in [5.74, 6) is -0.336. The van der Waals surface area contributed by atoms with Crippen molar-refractivity contribution in [2.75, 3.05) is 7.05 Å². The highest BCUT2D eigenvalue weighted by Crippen LogP contribution is 2.44. The lowest BCUT2D eigenvalue weighted by atomic mass is 9.66. The number of amides is 1. The molecule has 1 N–H and O–H groups in total. The van der Waals surface area contributed by atoms with Crippen LogP contribution in [0.25, 0.3) is 0 Å². The molecule has 0 unspecified atom stereocenters. The Balaban J connectivity index is 1.94. The summed E-state index contributed by atoms with van der Waals surface area (Å²) in [5.41, 5.74) is -0.170. The molecule has 0 saturated heterocycles. The van der Waals surface area contributed by atoms with Crippen molar-refractivity contribution in [1.29, 1.82) is 0 Å². The number of carbonyl (C=O) groups excluding carboxylic acids is 1. The lowest BCUT2D eigenvalue weighted by Crippen LogP contribution is -2.42. The van der Waals surface area contributed by atoms with Crippen molar-refractivity contribution in [3.05, 3.63) is 17.5 Å². The van der Waals surface area contributed by atoms with Crippen molar-refractivity contribution in [1.82, 2.24) is 10.1 Å². The third-order valence-electron chi connectivity index (χ3n) is 3.76. The highest BCUT2D eigenvalue weighted by Gasteiger charge is 2.46. The summed E-state index contributed by atoms with van der Waals surface area (Å²) >= 11 is 0. The first kappa shape index (κ1) is 13.6. The van der Waals surface area contributed by atoms with Gasteiger partial charge in [-0.1, -0.05) is 11.6 Å². The van der Waals surface area contributed by atoms with Crippen molar-refractivity contribution in [2.45, 2.75) is 39.2 Å². The molecule has 0 spiro atoms. The van der Waals surface area contributed by atoms with Gasteiger partial charge in [-0.3, -0.25) is 9.59 Å². The van der Waals surface area contributed by atoms with Crippen LogP contribution in [0.15, 0.2) is 10.6 Å². The van der Waals surface area contributed by atoms with Gasteiger partial charge in [-0.25, -0.2) is 0 Å². The van der Waals surface area contributed by atoms with Crippen LogP contribution in [0.1, 0.15) is 37.1 Å². The molecule has 1 aliphatic rings. The van der Waals surface area contributed by atoms with E-state index < -0.39 is 11.4 Å². The molecule has 1 fully saturated rings. The van der Waals surface area contributed by atoms with Gasteiger partial charge in [0.15, 0.2) is 0 Å². The summed E-state index contributed by atoms with van der Waals surface area (Å²) in [6, 6.07) is 1.76. The summed E-state index contributed by atoms with van der Waals surface area (Å²) in [7, 11) is 1.65. The van der Waals surface area contributed by atoms with Gasteiger partial charge in [0.25, 0.3) is 0 Å². The second-order valence-corrected chi connectivity index (χ2v) is 5.29. The van der Waals surface area contributed by atoms with Gasteiger partial charge in [-0.2, -0.15) is 0 Å². The molecule has 19 heavy (non-hydrogen) atoms. The van der Waals surface area contributed by atoms with Crippen molar-refractivity contribution >= 4 is 11.9 Å². The number of aryl methyl sites for hydroxylation is 1. The summed E-state index contributed by atoms with van der Waals surface area (Å²) < 4.78 is 4.93. The Morgan fingerprint density at radius 2 is 2.21 bits per heavy atom. The number of rotatable bonds is 5. The number of hydrogen-bond donors (Lipinski definition) is 1. The average Bonchev–Trinajstić information content (AvgIpc) is 2.68. The third kappa shape index (κ3) is 2.77. The fourth-order valence-electron chi connectivity index (χ4n) is 2.32. The van der Waals surface area contributed by atoms with E-state index in [4.69, 9.17) is 4.52 Å². The van der Waals surface area contributed by atoms with Crippen LogP contribution in [0, 0.1) is 12.3 Å². The van der Waals surface area contributed by atoms with Crippen LogP contribution in [-0.4, -0.2) is 34.1 Å². The van der Waals surface area contributed by atoms with E-state index in [1.807, 2.05) is 0 Å². The van der Waals surface area contributed by atoms with Crippen molar-refractivity contribution < 1.29 is 19.2 Å². The van der Waals surface area contributed by atoms with E-state index in [-0.39, 0.29) is 12.3 Å². The fraction of sp³-hybridized carbons (Fsp3) is 0.615. The number of carboxylic acids is 1. The molecule has 0 aromatic carbocycles. The molecule has 6 nitrogen and oxygen atoms in total. The standard InChI is InChI=1S/C13H18N2O4/c1-9-6-10(14-19-9)8-15(2)11(16)7-13(12(17)18)4-3-5-13/h6H,3-5,7-8H2,1-2H3,(H,17,18). The predicted octanol–water partition coefficient (Wildman–Crippen LogP) is 1.59. The zero-order chi connectivity index (χ0) is 14.0. The van der Waals surface area contributed by atoms with Gasteiger partial charge in [0.2, 0.25) is 5.91 Å². The monoisotopic (exact) mass is 266 g/mol. The topological polar surface area (TPSA) is 83.6 Å². The number of aromatic nitrogens is 1. The van der Waals surface area contributed by atoms with E-state index in [0.717, 1.165) is 6.42 Å². The first-order valence-corrected chi connectivity index (χ1v) is 6.32. The molecule has 0 atom stereocenters. The third-order valence-corrected chi connectivity index (χ3v) is 3.76. The minimum Gasteiger partial charge on any atom is -0.481 e. The highest BCUT2D eigenvalue weighted by molar-refractivity contribution is 5.85. The minimum atomic E-state index is -0.863. The number of aliphatic carboxylic acids is 1. The Labute approximate surface area is 111 Å². The summed E-state index contributed by atoms with van der Waals surface area (Å²) in [6.07, 6.45) is 2.12. The van der Waals surface area contributed by atoms with Gasteiger partial charge in [0.05, 0.1) is 12.0 Å². The zero-order valence-electron chi connectivity index (χ0n) is 11.2. The number of nitrogens with zero attached hydrogens (tertiary/aromatic N) is 2. The smallest absolute Gasteiger partial charge is 0.310 e. The zero-order valence-corrected chi connectivity index (χ0v) is 11.2. The molecule has 1 aliphatic carbocycles. The van der Waals surface area contributed by atoms with E-state index in [1.165, 1.54) is 4.90 Å². The molecule has 1 amide bonds. The molecule has 0 radical (unpaired) electrons. The molecule has 0 bridgehead atoms. The van der Waals surface area contributed by atoms with Gasteiger partial charge < -0.3 is 14.5 Å². The first-order chi connectivity index (χ1) is 8.93. The van der Waals surface area contributed by atoms with E-state index in [2.05, 4.69) is 5.16 Å². The molecule has 1 heterocycles. The van der Waals surface area contributed by atoms with Gasteiger partial charge in [-0.05, 0) is 19.8 Å². The van der Waals surface area contributed by atoms with Crippen molar-refractivity contribution in [2.24, 2.45) is 5.41 Å². The molecule has 1 aromatic heterocycles. The number of hydrogen-bond acceptors (Lipinski definition) is 4. The molecule has 1 aromatic rings. The molecular formula is C13H18N2O4. The van der Waals surface area contributed by atoms with E-state index in [0.29, 0.717) is 30.8 Å². The molecule has 6 heteroatoms. The number of carboxylic acid groups (broad SMARTS) is 1. The van der Waals surface area contributed by atoms with Crippen LogP contribution in [0.3, 0.4) is 0 Å². The Hall–Kier alpha value is -1.85. The molecule has 0 aliphatic heterocycles. The van der Waals surface area contributed by atoms with E-state index >= 15 is 0 Å². The largest absolute Gasteiger partial charge is 0.481 e. The maximum Gasteiger partial charge on any atom is 0.310 e. The van der Waals surface area contributed by atoms with Gasteiger partial charge in [0, 0.05) is 19.5 Å². The maximum absolute atomic E-state index is 12.1. The predicted molar refractivity (Wildman–Crippen MR) is 66.3 cm³/mol. The van der Waals surface area contributed by atoms with Gasteiger partial charge in [-0.15, -0.1) is 0 Å². The van der Waals surface area contributed by atoms with Gasteiger partial charge in [0.1, 0.15) is 11.5 Å². The summed E-state index contributed by atoms with van der Waals surface area (Å²) in [6.45, 7) is 2.12. The van der Waals surface area contributed by atoms with Crippen LogP contribution in [0.4, 0.5) is 0 Å². The van der Waals surface area contributed by atoms with Crippen LogP contribution in [0.2, 0.25) is 0 Å². The second-order valence-electron chi connectivity index (χ2n) is 5.29. The molecular weight excluding hydrogens is 248 g/mol. The van der Waals surface area contributed by atoms with Crippen molar-refractivity contribution in [3.63, 3.8) is 0 Å². The van der Waals surface area contributed by atoms with Gasteiger partial charge >= 0.3 is 5.97 Å². The molecule has 1 saturated carbocycles. The van der Waals surface area contributed by atoms with Crippen LogP contribution in [-0.2, 0) is 16.1 Å². The quantitative estimate of drug-likeness (QED) is 0.874. The summed E-state index contributed by atoms with van der Waals surface area (Å²) in [4.78, 5) is 24.8. The number of carbonyl (C=O) groups is 2. The molecule has 104 valence electrons. The van der Waals surface area contributed by atoms with Crippen LogP contribution < -0.4 is 0 Å². The van der Waals surface area contributed by atoms with Crippen LogP contribution in [0.5, 0.6) is 0 Å². The Bertz CT molecular complexity index is 491. The van der Waals surface area contributed by atoms with Crippen molar-refractivity contribution in [3.8, 4) is 0 Å². The highest BCUT2D eigenvalue weighted by atomic mass is 16.5. The normalized spacial score (nSPS) is 16.7. The van der Waals surface area contributed by atoms with E-state index in [9.17, 15) is 14.7 Å². The van der Waals surface area contributed by atoms with E-state index in [1.54, 1.807) is 20.0 Å². The lowest BCUT2D eigenvalue weighted by Gasteiger charge is -2.37. The lowest BCUT2D eigenvalue weighted by molar-refractivity contribution is -0.159. The average molecular weight is 266 g/mol. The maximum atomic E-state index is 12.1. The minimum absolute atomic E-state index is 0.0651. The Morgan fingerprint density at radius 1 is 1.53 bits per heavy atom. The first-order valence-electron chi connectivity index (χ1n) is 6.32. The fourth-order valence-corrected chi connectivity index (χ4v) is 2.32. The van der Waals surface area contributed by atoms with Crippen LogP contribution >= 0.6 is 0 Å². The molecule has 2 rings (SSSR count). The summed E-state index contributed by atoms with van der Waals surface area (Å²) in [5, 5.41) is 13.0. The second kappa shape index (κ2) is 5.03. The SMILES string of the molecule is Cc1cc(CN(C)C(=O)CC2(C(=O)O)CCC2)no1.